The monoisotopic (exact) mass is 430 g/mol. The maximum atomic E-state index is 13.9. The van der Waals surface area contributed by atoms with Crippen molar-refractivity contribution in [3.63, 3.8) is 0 Å². The highest BCUT2D eigenvalue weighted by molar-refractivity contribution is 7.89. The van der Waals surface area contributed by atoms with Crippen molar-refractivity contribution < 1.29 is 8.42 Å². The van der Waals surface area contributed by atoms with Gasteiger partial charge in [-0.3, -0.25) is 0 Å². The fourth-order valence-electron chi connectivity index (χ4n) is 4.06. The zero-order valence-electron chi connectivity index (χ0n) is 17.9. The number of nitrogens with zero attached hydrogens (tertiary/aromatic N) is 2. The standard InChI is InChI=1S/C26H26N2O2S/c1-27(2)24-18-10-17-23-22(24)16-11-19-25(23)31(29,30)28(3)26(20-12-6-4-7-13-20)21-14-8-5-9-15-21/h4-19,26H,1-3H3. The van der Waals surface area contributed by atoms with Crippen molar-refractivity contribution in [1.82, 2.24) is 4.31 Å². The first kappa shape index (κ1) is 21.1. The van der Waals surface area contributed by atoms with Gasteiger partial charge in [-0.1, -0.05) is 84.9 Å². The highest BCUT2D eigenvalue weighted by Gasteiger charge is 2.31. The van der Waals surface area contributed by atoms with Crippen LogP contribution in [-0.4, -0.2) is 33.9 Å². The molecule has 0 aliphatic carbocycles. The van der Waals surface area contributed by atoms with Gasteiger partial charge in [0.15, 0.2) is 0 Å². The molecule has 0 spiro atoms. The molecule has 0 heterocycles. The second-order valence-electron chi connectivity index (χ2n) is 7.77. The Kier molecular flexibility index (Phi) is 5.81. The summed E-state index contributed by atoms with van der Waals surface area (Å²) in [6.07, 6.45) is 0. The number of benzene rings is 4. The smallest absolute Gasteiger partial charge is 0.244 e. The van der Waals surface area contributed by atoms with Gasteiger partial charge in [0.25, 0.3) is 0 Å². The average Bonchev–Trinajstić information content (AvgIpc) is 2.79. The van der Waals surface area contributed by atoms with E-state index < -0.39 is 16.1 Å². The van der Waals surface area contributed by atoms with E-state index in [2.05, 4.69) is 0 Å². The summed E-state index contributed by atoms with van der Waals surface area (Å²) in [5, 5.41) is 1.64. The van der Waals surface area contributed by atoms with Crippen LogP contribution < -0.4 is 4.90 Å². The summed E-state index contributed by atoms with van der Waals surface area (Å²) < 4.78 is 29.3. The van der Waals surface area contributed by atoms with Gasteiger partial charge in [0.1, 0.15) is 0 Å². The molecule has 0 saturated carbocycles. The molecular weight excluding hydrogens is 404 g/mol. The van der Waals surface area contributed by atoms with Crippen LogP contribution in [0.15, 0.2) is 102 Å². The van der Waals surface area contributed by atoms with Gasteiger partial charge in [-0.15, -0.1) is 0 Å². The predicted octanol–water partition coefficient (Wildman–Crippen LogP) is 5.32. The maximum Gasteiger partial charge on any atom is 0.244 e. The molecule has 4 rings (SSSR count). The van der Waals surface area contributed by atoms with Crippen LogP contribution >= 0.6 is 0 Å². The molecule has 4 aromatic rings. The molecule has 0 aliphatic rings. The molecule has 4 aromatic carbocycles. The molecule has 0 fully saturated rings. The van der Waals surface area contributed by atoms with E-state index in [-0.39, 0.29) is 0 Å². The minimum Gasteiger partial charge on any atom is -0.377 e. The van der Waals surface area contributed by atoms with E-state index in [1.807, 2.05) is 110 Å². The molecule has 5 heteroatoms. The Balaban J connectivity index is 1.89. The van der Waals surface area contributed by atoms with E-state index >= 15 is 0 Å². The van der Waals surface area contributed by atoms with Crippen molar-refractivity contribution in [2.75, 3.05) is 26.0 Å². The van der Waals surface area contributed by atoms with Crippen LogP contribution in [-0.2, 0) is 10.0 Å². The molecule has 0 bridgehead atoms. The van der Waals surface area contributed by atoms with Gasteiger partial charge in [0.05, 0.1) is 10.9 Å². The minimum atomic E-state index is -3.79. The van der Waals surface area contributed by atoms with Crippen LogP contribution in [0.2, 0.25) is 0 Å². The molecule has 0 aromatic heterocycles. The van der Waals surface area contributed by atoms with Crippen molar-refractivity contribution in [3.8, 4) is 0 Å². The second kappa shape index (κ2) is 8.53. The maximum absolute atomic E-state index is 13.9. The third kappa shape index (κ3) is 3.94. The van der Waals surface area contributed by atoms with Crippen LogP contribution in [0.1, 0.15) is 17.2 Å². The van der Waals surface area contributed by atoms with Crippen molar-refractivity contribution in [1.29, 1.82) is 0 Å². The molecule has 158 valence electrons. The van der Waals surface area contributed by atoms with Crippen molar-refractivity contribution >= 4 is 26.5 Å². The molecular formula is C26H26N2O2S. The molecule has 0 unspecified atom stereocenters. The van der Waals surface area contributed by atoms with E-state index in [9.17, 15) is 8.42 Å². The first-order valence-corrected chi connectivity index (χ1v) is 11.6. The quantitative estimate of drug-likeness (QED) is 0.416. The Morgan fingerprint density at radius 2 is 1.13 bits per heavy atom. The molecule has 0 radical (unpaired) electrons. The van der Waals surface area contributed by atoms with E-state index in [4.69, 9.17) is 0 Å². The van der Waals surface area contributed by atoms with Crippen molar-refractivity contribution in [2.45, 2.75) is 10.9 Å². The summed E-state index contributed by atoms with van der Waals surface area (Å²) in [6, 6.07) is 30.3. The van der Waals surface area contributed by atoms with Crippen LogP contribution in [0.3, 0.4) is 0 Å². The first-order chi connectivity index (χ1) is 14.9. The zero-order chi connectivity index (χ0) is 22.0. The molecule has 0 saturated heterocycles. The third-order valence-corrected chi connectivity index (χ3v) is 7.47. The lowest BCUT2D eigenvalue weighted by molar-refractivity contribution is 0.418. The average molecular weight is 431 g/mol. The Bertz CT molecular complexity index is 1250. The van der Waals surface area contributed by atoms with Gasteiger partial charge in [0, 0.05) is 37.6 Å². The topological polar surface area (TPSA) is 40.6 Å². The molecule has 0 amide bonds. The van der Waals surface area contributed by atoms with Crippen LogP contribution in [0.25, 0.3) is 10.8 Å². The van der Waals surface area contributed by atoms with Gasteiger partial charge in [-0.05, 0) is 23.3 Å². The summed E-state index contributed by atoms with van der Waals surface area (Å²) >= 11 is 0. The normalized spacial score (nSPS) is 11.9. The van der Waals surface area contributed by atoms with Crippen LogP contribution in [0.5, 0.6) is 0 Å². The summed E-state index contributed by atoms with van der Waals surface area (Å²) in [5.74, 6) is 0. The van der Waals surface area contributed by atoms with Gasteiger partial charge in [0.2, 0.25) is 10.0 Å². The summed E-state index contributed by atoms with van der Waals surface area (Å²) in [7, 11) is 1.80. The number of rotatable bonds is 6. The van der Waals surface area contributed by atoms with E-state index in [1.165, 1.54) is 4.31 Å². The minimum absolute atomic E-state index is 0.313. The number of anilines is 1. The number of hydrogen-bond donors (Lipinski definition) is 0. The second-order valence-corrected chi connectivity index (χ2v) is 9.73. The SMILES string of the molecule is CN(C)c1cccc2c(S(=O)(=O)N(C)C(c3ccccc3)c3ccccc3)cccc12. The van der Waals surface area contributed by atoms with Crippen molar-refractivity contribution in [3.05, 3.63) is 108 Å². The molecule has 4 nitrogen and oxygen atoms in total. The van der Waals surface area contributed by atoms with E-state index in [0.29, 0.717) is 4.90 Å². The van der Waals surface area contributed by atoms with Crippen molar-refractivity contribution in [2.24, 2.45) is 0 Å². The van der Waals surface area contributed by atoms with E-state index in [1.54, 1.807) is 13.1 Å². The highest BCUT2D eigenvalue weighted by atomic mass is 32.2. The highest BCUT2D eigenvalue weighted by Crippen LogP contribution is 2.36. The predicted molar refractivity (Wildman–Crippen MR) is 128 cm³/mol. The Morgan fingerprint density at radius 1 is 0.613 bits per heavy atom. The van der Waals surface area contributed by atoms with Crippen LogP contribution in [0.4, 0.5) is 5.69 Å². The Morgan fingerprint density at radius 3 is 1.68 bits per heavy atom. The lowest BCUT2D eigenvalue weighted by Crippen LogP contribution is -2.32. The van der Waals surface area contributed by atoms with Gasteiger partial charge in [-0.25, -0.2) is 8.42 Å². The lowest BCUT2D eigenvalue weighted by atomic mass is 9.99. The largest absolute Gasteiger partial charge is 0.377 e. The number of sulfonamides is 1. The summed E-state index contributed by atoms with van der Waals surface area (Å²) in [6.45, 7) is 0. The van der Waals surface area contributed by atoms with Gasteiger partial charge < -0.3 is 4.90 Å². The Hall–Kier alpha value is -3.15. The third-order valence-electron chi connectivity index (χ3n) is 5.59. The fraction of sp³-hybridized carbons (Fsp3) is 0.154. The molecule has 0 atom stereocenters. The van der Waals surface area contributed by atoms with Crippen LogP contribution in [0, 0.1) is 0 Å². The molecule has 31 heavy (non-hydrogen) atoms. The Labute approximate surface area is 184 Å². The number of hydrogen-bond acceptors (Lipinski definition) is 3. The lowest BCUT2D eigenvalue weighted by Gasteiger charge is -2.29. The summed E-state index contributed by atoms with van der Waals surface area (Å²) in [4.78, 5) is 2.31. The fourth-order valence-corrected chi connectivity index (χ4v) is 5.59. The number of fused-ring (bicyclic) bond motifs is 1. The van der Waals surface area contributed by atoms with Gasteiger partial charge >= 0.3 is 0 Å². The molecule has 0 aliphatic heterocycles. The summed E-state index contributed by atoms with van der Waals surface area (Å²) in [5.41, 5.74) is 2.84. The van der Waals surface area contributed by atoms with Gasteiger partial charge in [-0.2, -0.15) is 4.31 Å². The first-order valence-electron chi connectivity index (χ1n) is 10.2. The molecule has 0 N–H and O–H groups in total. The van der Waals surface area contributed by atoms with E-state index in [0.717, 1.165) is 27.6 Å². The zero-order valence-corrected chi connectivity index (χ0v) is 18.8.